The van der Waals surface area contributed by atoms with Crippen LogP contribution in [0.4, 0.5) is 5.69 Å². The first-order valence-electron chi connectivity index (χ1n) is 11.1. The molecule has 33 heavy (non-hydrogen) atoms. The van der Waals surface area contributed by atoms with Gasteiger partial charge in [0.1, 0.15) is 5.75 Å². The fraction of sp³-hybridized carbons (Fsp3) is 0.440. The Labute approximate surface area is 214 Å². The van der Waals surface area contributed by atoms with Crippen molar-refractivity contribution in [2.24, 2.45) is 10.9 Å². The largest absolute Gasteiger partial charge is 0.491 e. The standard InChI is InChI=1S/C25H36N4O3.HI/c1-6-26-25(27-15-19-7-11-21(12-8-19)29-24(31)17(2)3)28-16-23(30)20-9-13-22(14-10-20)32-18(4)5;/h7-14,17-18,23,30H,6,15-16H2,1-5H3,(H,29,31)(H2,26,27,28);1H. The van der Waals surface area contributed by atoms with Crippen molar-refractivity contribution in [3.05, 3.63) is 59.7 Å². The molecule has 0 saturated carbocycles. The molecule has 0 spiro atoms. The Morgan fingerprint density at radius 3 is 2.18 bits per heavy atom. The number of halogens is 1. The Hall–Kier alpha value is -2.33. The van der Waals surface area contributed by atoms with Crippen molar-refractivity contribution >= 4 is 41.5 Å². The molecule has 0 bridgehead atoms. The number of rotatable bonds is 10. The molecule has 0 aliphatic carbocycles. The van der Waals surface area contributed by atoms with E-state index in [9.17, 15) is 9.90 Å². The SMILES string of the molecule is CCNC(=NCc1ccc(NC(=O)C(C)C)cc1)NCC(O)c1ccc(OC(C)C)cc1.I. The number of hydrogen-bond donors (Lipinski definition) is 4. The molecule has 2 aromatic carbocycles. The smallest absolute Gasteiger partial charge is 0.226 e. The zero-order valence-corrected chi connectivity index (χ0v) is 22.4. The van der Waals surface area contributed by atoms with Crippen LogP contribution in [0.2, 0.25) is 0 Å². The second-order valence-corrected chi connectivity index (χ2v) is 8.17. The minimum Gasteiger partial charge on any atom is -0.491 e. The van der Waals surface area contributed by atoms with Gasteiger partial charge in [0, 0.05) is 24.7 Å². The molecule has 4 N–H and O–H groups in total. The second-order valence-electron chi connectivity index (χ2n) is 8.17. The van der Waals surface area contributed by atoms with Crippen molar-refractivity contribution in [3.63, 3.8) is 0 Å². The lowest BCUT2D eigenvalue weighted by Gasteiger charge is -2.16. The summed E-state index contributed by atoms with van der Waals surface area (Å²) >= 11 is 0. The number of nitrogens with zero attached hydrogens (tertiary/aromatic N) is 1. The summed E-state index contributed by atoms with van der Waals surface area (Å²) in [4.78, 5) is 16.4. The monoisotopic (exact) mass is 568 g/mol. The molecule has 1 amide bonds. The van der Waals surface area contributed by atoms with Crippen LogP contribution in [0.25, 0.3) is 0 Å². The van der Waals surface area contributed by atoms with Gasteiger partial charge in [-0.05, 0) is 56.2 Å². The van der Waals surface area contributed by atoms with Gasteiger partial charge in [-0.3, -0.25) is 4.79 Å². The topological polar surface area (TPSA) is 95.0 Å². The van der Waals surface area contributed by atoms with Crippen LogP contribution in [0.5, 0.6) is 5.75 Å². The normalized spacial score (nSPS) is 12.2. The first-order valence-corrected chi connectivity index (χ1v) is 11.1. The average Bonchev–Trinajstić information content (AvgIpc) is 2.76. The maximum atomic E-state index is 11.8. The quantitative estimate of drug-likeness (QED) is 0.193. The molecule has 0 aliphatic rings. The Kier molecular flexibility index (Phi) is 12.8. The van der Waals surface area contributed by atoms with E-state index in [0.717, 1.165) is 22.6 Å². The van der Waals surface area contributed by atoms with Crippen LogP contribution < -0.4 is 20.7 Å². The van der Waals surface area contributed by atoms with Gasteiger partial charge in [-0.25, -0.2) is 4.99 Å². The van der Waals surface area contributed by atoms with Gasteiger partial charge in [0.2, 0.25) is 5.91 Å². The van der Waals surface area contributed by atoms with Crippen LogP contribution in [0.1, 0.15) is 51.8 Å². The minimum atomic E-state index is -0.671. The Balaban J connectivity index is 0.00000544. The van der Waals surface area contributed by atoms with Gasteiger partial charge in [0.05, 0.1) is 18.8 Å². The molecule has 2 aromatic rings. The summed E-state index contributed by atoms with van der Waals surface area (Å²) in [6.45, 7) is 11.2. The van der Waals surface area contributed by atoms with Crippen LogP contribution in [0, 0.1) is 5.92 Å². The van der Waals surface area contributed by atoms with Crippen molar-refractivity contribution in [1.29, 1.82) is 0 Å². The third-order valence-electron chi connectivity index (χ3n) is 4.61. The maximum Gasteiger partial charge on any atom is 0.226 e. The minimum absolute atomic E-state index is 0. The molecule has 1 unspecified atom stereocenters. The molecule has 1 atom stereocenters. The zero-order valence-electron chi connectivity index (χ0n) is 20.1. The number of amides is 1. The van der Waals surface area contributed by atoms with Gasteiger partial charge in [-0.2, -0.15) is 0 Å². The molecule has 0 saturated heterocycles. The van der Waals surface area contributed by atoms with Gasteiger partial charge in [-0.1, -0.05) is 38.1 Å². The number of aliphatic hydroxyl groups is 1. The maximum absolute atomic E-state index is 11.8. The third kappa shape index (κ3) is 10.4. The molecule has 0 aliphatic heterocycles. The van der Waals surface area contributed by atoms with E-state index >= 15 is 0 Å². The summed E-state index contributed by atoms with van der Waals surface area (Å²) in [5.41, 5.74) is 2.60. The molecule has 0 radical (unpaired) electrons. The van der Waals surface area contributed by atoms with Gasteiger partial charge < -0.3 is 25.8 Å². The fourth-order valence-corrected chi connectivity index (χ4v) is 2.84. The number of guanidine groups is 1. The van der Waals surface area contributed by atoms with Crippen molar-refractivity contribution in [3.8, 4) is 5.75 Å². The van der Waals surface area contributed by atoms with E-state index < -0.39 is 6.10 Å². The summed E-state index contributed by atoms with van der Waals surface area (Å²) in [6.07, 6.45) is -0.558. The first-order chi connectivity index (χ1) is 15.3. The molecule has 182 valence electrons. The number of hydrogen-bond acceptors (Lipinski definition) is 4. The lowest BCUT2D eigenvalue weighted by Crippen LogP contribution is -2.39. The van der Waals surface area contributed by atoms with Gasteiger partial charge >= 0.3 is 0 Å². The van der Waals surface area contributed by atoms with Gasteiger partial charge in [0.15, 0.2) is 5.96 Å². The van der Waals surface area contributed by atoms with Crippen molar-refractivity contribution in [2.75, 3.05) is 18.4 Å². The summed E-state index contributed by atoms with van der Waals surface area (Å²) in [6, 6.07) is 15.1. The highest BCUT2D eigenvalue weighted by Crippen LogP contribution is 2.18. The average molecular weight is 569 g/mol. The molecule has 8 heteroatoms. The van der Waals surface area contributed by atoms with Crippen molar-refractivity contribution in [1.82, 2.24) is 10.6 Å². The molecule has 0 heterocycles. The number of benzene rings is 2. The molecule has 2 rings (SSSR count). The molecule has 7 nitrogen and oxygen atoms in total. The Bertz CT molecular complexity index is 868. The van der Waals surface area contributed by atoms with Crippen molar-refractivity contribution in [2.45, 2.75) is 53.4 Å². The summed E-state index contributed by atoms with van der Waals surface area (Å²) in [5.74, 6) is 1.35. The summed E-state index contributed by atoms with van der Waals surface area (Å²) in [5, 5.41) is 19.8. The van der Waals surface area contributed by atoms with E-state index in [1.54, 1.807) is 0 Å². The van der Waals surface area contributed by atoms with E-state index in [1.807, 2.05) is 83.1 Å². The molecule has 0 aromatic heterocycles. The van der Waals surface area contributed by atoms with Gasteiger partial charge in [0.25, 0.3) is 0 Å². The number of carbonyl (C=O) groups excluding carboxylic acids is 1. The molecule has 0 fully saturated rings. The zero-order chi connectivity index (χ0) is 23.5. The highest BCUT2D eigenvalue weighted by molar-refractivity contribution is 14.0. The number of anilines is 1. The highest BCUT2D eigenvalue weighted by atomic mass is 127. The van der Waals surface area contributed by atoms with E-state index in [2.05, 4.69) is 20.9 Å². The predicted octanol–water partition coefficient (Wildman–Crippen LogP) is 4.48. The van der Waals surface area contributed by atoms with E-state index in [0.29, 0.717) is 25.6 Å². The number of aliphatic imine (C=N–C) groups is 1. The highest BCUT2D eigenvalue weighted by Gasteiger charge is 2.10. The number of nitrogens with one attached hydrogen (secondary N) is 3. The molecular formula is C25H37IN4O3. The van der Waals surface area contributed by atoms with Crippen molar-refractivity contribution < 1.29 is 14.6 Å². The Morgan fingerprint density at radius 2 is 1.64 bits per heavy atom. The lowest BCUT2D eigenvalue weighted by molar-refractivity contribution is -0.118. The van der Waals surface area contributed by atoms with Crippen LogP contribution in [0.15, 0.2) is 53.5 Å². The third-order valence-corrected chi connectivity index (χ3v) is 4.61. The second kappa shape index (κ2) is 14.7. The van der Waals surface area contributed by atoms with Crippen LogP contribution in [-0.4, -0.2) is 36.2 Å². The van der Waals surface area contributed by atoms with E-state index in [1.165, 1.54) is 0 Å². The first kappa shape index (κ1) is 28.7. The lowest BCUT2D eigenvalue weighted by atomic mass is 10.1. The Morgan fingerprint density at radius 1 is 1.00 bits per heavy atom. The predicted molar refractivity (Wildman–Crippen MR) is 145 cm³/mol. The number of carbonyl (C=O) groups is 1. The van der Waals surface area contributed by atoms with Crippen LogP contribution in [-0.2, 0) is 11.3 Å². The van der Waals surface area contributed by atoms with Crippen LogP contribution >= 0.6 is 24.0 Å². The summed E-state index contributed by atoms with van der Waals surface area (Å²) in [7, 11) is 0. The van der Waals surface area contributed by atoms with Crippen LogP contribution in [0.3, 0.4) is 0 Å². The van der Waals surface area contributed by atoms with E-state index in [4.69, 9.17) is 4.74 Å². The number of ether oxygens (including phenoxy) is 1. The molecular weight excluding hydrogens is 531 g/mol. The fourth-order valence-electron chi connectivity index (χ4n) is 2.84. The van der Waals surface area contributed by atoms with Gasteiger partial charge in [-0.15, -0.1) is 24.0 Å². The number of aliphatic hydroxyl groups excluding tert-OH is 1. The summed E-state index contributed by atoms with van der Waals surface area (Å²) < 4.78 is 5.64. The van der Waals surface area contributed by atoms with E-state index in [-0.39, 0.29) is 41.9 Å².